The highest BCUT2D eigenvalue weighted by Gasteiger charge is 2.65. The highest BCUT2D eigenvalue weighted by atomic mass is 19.1. The molecule has 16 aliphatic rings. The number of aromatic nitrogens is 8. The predicted molar refractivity (Wildman–Crippen MR) is 475 cm³/mol. The molecule has 4 N–H and O–H groups in total. The summed E-state index contributed by atoms with van der Waals surface area (Å²) >= 11 is 0. The Balaban J connectivity index is 0.000000116. The molecule has 16 nitrogen and oxygen atoms in total. The van der Waals surface area contributed by atoms with Gasteiger partial charge in [0.1, 0.15) is 18.5 Å². The average molecular weight is 1690 g/mol. The molecule has 674 valence electrons. The molecule has 0 aromatic carbocycles. The van der Waals surface area contributed by atoms with Crippen LogP contribution in [0.3, 0.4) is 0 Å². The highest BCUT2D eigenvalue weighted by molar-refractivity contribution is 5.82. The van der Waals surface area contributed by atoms with E-state index in [1.165, 1.54) is 107 Å². The van der Waals surface area contributed by atoms with Crippen molar-refractivity contribution in [2.45, 2.75) is 341 Å². The number of halogens is 3. The summed E-state index contributed by atoms with van der Waals surface area (Å²) in [5, 5.41) is 60.1. The van der Waals surface area contributed by atoms with Crippen molar-refractivity contribution in [3.63, 3.8) is 0 Å². The number of ketones is 1. The van der Waals surface area contributed by atoms with Crippen molar-refractivity contribution in [2.75, 3.05) is 13.2 Å². The third kappa shape index (κ3) is 17.1. The van der Waals surface area contributed by atoms with E-state index in [1.54, 1.807) is 29.5 Å². The first kappa shape index (κ1) is 89.3. The van der Waals surface area contributed by atoms with Crippen LogP contribution in [0.2, 0.25) is 0 Å². The summed E-state index contributed by atoms with van der Waals surface area (Å²) in [6.07, 6.45) is 46.3. The van der Waals surface area contributed by atoms with Gasteiger partial charge in [0.05, 0.1) is 86.9 Å². The zero-order valence-electron chi connectivity index (χ0n) is 76.2. The third-order valence-corrected chi connectivity index (χ3v) is 39.5. The van der Waals surface area contributed by atoms with Crippen molar-refractivity contribution in [3.8, 4) is 0 Å². The largest absolute Gasteiger partial charge is 0.390 e. The molecule has 4 heterocycles. The van der Waals surface area contributed by atoms with E-state index in [4.69, 9.17) is 17.9 Å². The van der Waals surface area contributed by atoms with E-state index in [2.05, 4.69) is 77.5 Å². The Morgan fingerprint density at radius 3 is 1.19 bits per heavy atom. The van der Waals surface area contributed by atoms with Crippen LogP contribution in [0.25, 0.3) is 9.69 Å². The molecular formula is C104H151F3N10O6. The van der Waals surface area contributed by atoms with Crippen molar-refractivity contribution in [1.82, 2.24) is 39.1 Å². The molecule has 4 aromatic rings. The fourth-order valence-corrected chi connectivity index (χ4v) is 34.1. The summed E-state index contributed by atoms with van der Waals surface area (Å²) in [6.45, 7) is 51.1. The molecule has 35 atom stereocenters. The number of rotatable bonds is 15. The number of carbonyl (C=O) groups excluding carboxylic acids is 1. The van der Waals surface area contributed by atoms with Crippen molar-refractivity contribution in [1.29, 1.82) is 0 Å². The van der Waals surface area contributed by atoms with Gasteiger partial charge < -0.3 is 25.2 Å². The summed E-state index contributed by atoms with van der Waals surface area (Å²) in [7, 11) is 0. The maximum atomic E-state index is 15.4. The van der Waals surface area contributed by atoms with Crippen LogP contribution < -0.4 is 0 Å². The molecule has 0 spiro atoms. The summed E-state index contributed by atoms with van der Waals surface area (Å²) in [5.74, 6) is 12.4. The molecule has 0 radical (unpaired) electrons. The maximum Gasteiger partial charge on any atom is 0.224 e. The summed E-state index contributed by atoms with van der Waals surface area (Å²) < 4.78 is 59.3. The van der Waals surface area contributed by atoms with E-state index in [0.29, 0.717) is 176 Å². The lowest BCUT2D eigenvalue weighted by Crippen LogP contribution is -2.54. The van der Waals surface area contributed by atoms with Crippen LogP contribution in [0, 0.1) is 184 Å². The second kappa shape index (κ2) is 34.6. The van der Waals surface area contributed by atoms with Crippen LogP contribution in [0.4, 0.5) is 24.5 Å². The molecule has 16 fully saturated rings. The number of hydrogen-bond donors (Lipinski definition) is 4. The molecule has 0 aliphatic heterocycles. The van der Waals surface area contributed by atoms with Gasteiger partial charge in [-0.15, -0.1) is 0 Å². The van der Waals surface area contributed by atoms with Gasteiger partial charge in [0.15, 0.2) is 5.78 Å². The van der Waals surface area contributed by atoms with Gasteiger partial charge in [-0.25, -0.2) is 22.9 Å². The Hall–Kier alpha value is -5.70. The predicted octanol–water partition coefficient (Wildman–Crippen LogP) is 22.1. The number of aryl methyl sites for hydroxylation is 1. The van der Waals surface area contributed by atoms with Crippen molar-refractivity contribution >= 4 is 17.2 Å². The van der Waals surface area contributed by atoms with Crippen molar-refractivity contribution in [3.05, 3.63) is 120 Å². The number of allylic oxidation sites excluding steroid dienone is 3. The lowest BCUT2D eigenvalue weighted by Gasteiger charge is -2.57. The van der Waals surface area contributed by atoms with Crippen LogP contribution in [-0.2, 0) is 35.7 Å². The summed E-state index contributed by atoms with van der Waals surface area (Å²) in [5.41, 5.74) is 4.25. The highest BCUT2D eigenvalue weighted by Crippen LogP contribution is 2.71. The lowest BCUT2D eigenvalue weighted by molar-refractivity contribution is -0.139. The topological polar surface area (TPSA) is 187 Å². The minimum Gasteiger partial charge on any atom is -0.390 e. The Morgan fingerprint density at radius 2 is 0.797 bits per heavy atom. The maximum absolute atomic E-state index is 15.4. The normalized spacial score (nSPS) is 46.3. The van der Waals surface area contributed by atoms with E-state index < -0.39 is 40.9 Å². The first-order valence-corrected chi connectivity index (χ1v) is 49.3. The quantitative estimate of drug-likeness (QED) is 0.0659. The SMILES string of the molecule is C=C(Cn1cccn1)[C@H]1CC[C@H]2[C@@H]3C[C@@H](F)[C@H]4C[C@](C)(O)CC[C@@H]4[C@H]3CC[C@]12C.Cc1cnn(CC(=O)[C@H]2CC[C@H]3[C@@H]4C[C@@H](F)[C@H]5C[C@](C)(O)CC[C@@H]5[C@H]4CC[C@]23C)c1.[C-]#[N+]c1cnn(CC(=C)[C@H]2CC[C@H]3[C@@H]4CC[C@H]5C[C@@](O)(COCC)CC[C@@H]5[C@H]4CC[C@]23C)c1.[C-]#[N+]c1cnn(CC(=C)[C@H]2CC[C@H]3[C@@H]4C[C@@H](F)[C@H]5C[C@](C)(O)CC[C@@H]5[C@H]4CC[C@]23C)c1. The number of hydrogen-bond acceptors (Lipinski definition) is 10. The Morgan fingerprint density at radius 1 is 0.431 bits per heavy atom. The molecule has 0 unspecified atom stereocenters. The number of aliphatic hydroxyl groups is 4. The van der Waals surface area contributed by atoms with E-state index >= 15 is 13.2 Å². The van der Waals surface area contributed by atoms with E-state index in [0.717, 1.165) is 132 Å². The fourth-order valence-electron chi connectivity index (χ4n) is 34.1. The molecule has 4 aromatic heterocycles. The van der Waals surface area contributed by atoms with Gasteiger partial charge in [-0.05, 0) is 416 Å². The second-order valence-corrected chi connectivity index (χ2v) is 46.4. The van der Waals surface area contributed by atoms with E-state index in [-0.39, 0.29) is 39.9 Å². The van der Waals surface area contributed by atoms with Gasteiger partial charge >= 0.3 is 0 Å². The van der Waals surface area contributed by atoms with Crippen molar-refractivity contribution < 1.29 is 43.1 Å². The summed E-state index contributed by atoms with van der Waals surface area (Å²) in [4.78, 5) is 20.2. The van der Waals surface area contributed by atoms with Gasteiger partial charge in [-0.3, -0.25) is 23.5 Å². The zero-order valence-corrected chi connectivity index (χ0v) is 76.2. The number of carbonyl (C=O) groups is 1. The molecule has 19 heteroatoms. The molecule has 0 saturated heterocycles. The van der Waals surface area contributed by atoms with Crippen LogP contribution in [0.15, 0.2) is 92.1 Å². The molecule has 16 aliphatic carbocycles. The van der Waals surface area contributed by atoms with Crippen LogP contribution >= 0.6 is 0 Å². The number of Topliss-reactive ketones (excluding diaryl/α,β-unsaturated/α-hetero) is 1. The Kier molecular flexibility index (Phi) is 25.1. The van der Waals surface area contributed by atoms with Crippen LogP contribution in [0.1, 0.15) is 273 Å². The van der Waals surface area contributed by atoms with Gasteiger partial charge in [0.2, 0.25) is 11.4 Å². The fraction of sp³-hybridized carbons (Fsp3) is 0.798. The van der Waals surface area contributed by atoms with Crippen LogP contribution in [-0.4, -0.2) is 119 Å². The first-order valence-electron chi connectivity index (χ1n) is 49.3. The minimum atomic E-state index is -0.799. The Labute approximate surface area is 734 Å². The average Bonchev–Trinajstić information content (AvgIpc) is 1.63. The number of alkyl halides is 3. The zero-order chi connectivity index (χ0) is 86.8. The van der Waals surface area contributed by atoms with E-state index in [9.17, 15) is 25.2 Å². The standard InChI is InChI=1S/C28H41N3O2.C26H36FN3O.C25H37FN2O2.C25H37FN2O/c1-5-33-18-28(32)13-11-22-20(14-28)6-7-24-23(22)10-12-27(3)25(8-9-26(24)27)19(2)16-31-17-21(29-4)15-30-31;1-16(14-30-15-17(28-4)13-29-30)22-5-6-23-20-11-24(27)21-12-25(2,31)9-7-19(21)18(20)8-10-26(22,23)3;1-15-12-27-28(13-15)14-23(29)21-5-4-20-18-10-22(26)19-11-24(2,30)8-6-17(19)16(18)7-9-25(20,21)3;1-16(15-28-12-4-11-27-28)21-5-6-22-19-13-23(26)20-14-24(2,29)9-7-18(20)17(19)8-10-25(21,22)3/h15,17,20,22-26,32H,2,5-14,16,18H2,1,3H3;13,15,18-24,31H,1,5-12,14H2,2-3H3;12-13,16-22,30H,4-11,14H2,1-3H3;4,11-12,17-23,29H,1,5-10,13-15H2,2-3H3/t20-,22-,23+,24+,25+,26-,27+,28+;18-,19-,20-,21+,22-,23+,24-,25-,26-;16-,17-,18-,19+,20+,21-,22-,24-,25+;17-,18-,19-,20+,21-,22+,23-,24-,25-/m0111/s1. The lowest BCUT2D eigenvalue weighted by atomic mass is 9.48. The number of ether oxygens (including phenoxy) is 1. The minimum absolute atomic E-state index is 0.00711. The van der Waals surface area contributed by atoms with Gasteiger partial charge in [-0.1, -0.05) is 64.2 Å². The molecule has 123 heavy (non-hydrogen) atoms. The van der Waals surface area contributed by atoms with E-state index in [1.807, 2.05) is 79.5 Å². The molecule has 20 rings (SSSR count). The van der Waals surface area contributed by atoms with Crippen molar-refractivity contribution in [2.24, 2.45) is 164 Å². The first-order chi connectivity index (χ1) is 58.5. The third-order valence-electron chi connectivity index (χ3n) is 39.5. The number of fused-ring (bicyclic) bond motifs is 20. The smallest absolute Gasteiger partial charge is 0.224 e. The Bertz CT molecular complexity index is 4510. The number of nitrogens with zero attached hydrogens (tertiary/aromatic N) is 10. The van der Waals surface area contributed by atoms with Gasteiger partial charge in [0, 0.05) is 43.5 Å². The molecule has 16 saturated carbocycles. The van der Waals surface area contributed by atoms with Gasteiger partial charge in [-0.2, -0.15) is 20.4 Å². The molecular weight excluding hydrogens is 1540 g/mol. The van der Waals surface area contributed by atoms with Crippen LogP contribution in [0.5, 0.6) is 0 Å². The molecule has 0 bridgehead atoms. The van der Waals surface area contributed by atoms with Gasteiger partial charge in [0.25, 0.3) is 0 Å². The monoisotopic (exact) mass is 1690 g/mol. The molecule has 0 amide bonds. The second-order valence-electron chi connectivity index (χ2n) is 46.4. The summed E-state index contributed by atoms with van der Waals surface area (Å²) in [6, 6.07) is 1.97.